The van der Waals surface area contributed by atoms with Gasteiger partial charge in [0, 0.05) is 36.1 Å². The second-order valence-corrected chi connectivity index (χ2v) is 6.43. The van der Waals surface area contributed by atoms with Gasteiger partial charge in [0.15, 0.2) is 5.71 Å². The van der Waals surface area contributed by atoms with Gasteiger partial charge in [-0.25, -0.2) is 4.58 Å². The molecule has 2 rings (SSSR count). The van der Waals surface area contributed by atoms with E-state index >= 15 is 0 Å². The van der Waals surface area contributed by atoms with Crippen LogP contribution in [0.15, 0.2) is 43.1 Å². The summed E-state index contributed by atoms with van der Waals surface area (Å²) in [6.45, 7) is 7.91. The molecule has 0 spiro atoms. The number of nitrogens with one attached hydrogen (secondary N) is 2. The summed E-state index contributed by atoms with van der Waals surface area (Å²) in [5, 5.41) is 20.2. The highest BCUT2D eigenvalue weighted by molar-refractivity contribution is 5.91. The van der Waals surface area contributed by atoms with Gasteiger partial charge in [-0.1, -0.05) is 12.6 Å². The molecule has 0 aliphatic carbocycles. The summed E-state index contributed by atoms with van der Waals surface area (Å²) in [7, 11) is 3.99. The zero-order valence-corrected chi connectivity index (χ0v) is 15.7. The summed E-state index contributed by atoms with van der Waals surface area (Å²) in [6.07, 6.45) is 3.11. The van der Waals surface area contributed by atoms with Crippen LogP contribution in [0.25, 0.3) is 5.57 Å². The highest BCUT2D eigenvalue weighted by atomic mass is 15.0. The number of anilines is 1. The van der Waals surface area contributed by atoms with Crippen LogP contribution in [-0.2, 0) is 0 Å². The van der Waals surface area contributed by atoms with Crippen molar-refractivity contribution in [2.75, 3.05) is 19.4 Å². The predicted octanol–water partition coefficient (Wildman–Crippen LogP) is 3.87. The fourth-order valence-corrected chi connectivity index (χ4v) is 2.55. The lowest BCUT2D eigenvalue weighted by atomic mass is 10.0. The number of benzene rings is 1. The first-order valence-electron chi connectivity index (χ1n) is 8.31. The number of hydrogen-bond donors (Lipinski definition) is 2. The Bertz CT molecular complexity index is 897. The Morgan fingerprint density at radius 2 is 2.04 bits per heavy atom. The van der Waals surface area contributed by atoms with E-state index in [1.54, 1.807) is 12.1 Å². The van der Waals surface area contributed by atoms with E-state index in [0.717, 1.165) is 28.2 Å². The van der Waals surface area contributed by atoms with E-state index in [1.165, 1.54) is 6.21 Å². The van der Waals surface area contributed by atoms with E-state index in [0.29, 0.717) is 11.1 Å². The molecular formula is C21H24N5+. The van der Waals surface area contributed by atoms with Crippen LogP contribution in [0.3, 0.4) is 0 Å². The zero-order valence-electron chi connectivity index (χ0n) is 15.7. The maximum absolute atomic E-state index is 9.07. The maximum atomic E-state index is 9.07. The van der Waals surface area contributed by atoms with E-state index in [4.69, 9.17) is 10.7 Å². The zero-order chi connectivity index (χ0) is 19.3. The summed E-state index contributed by atoms with van der Waals surface area (Å²) in [4.78, 5) is 4.49. The molecule has 132 valence electrons. The molecule has 2 N–H and O–H groups in total. The lowest BCUT2D eigenvalue weighted by Crippen LogP contribution is -2.26. The Morgan fingerprint density at radius 1 is 1.31 bits per heavy atom. The summed E-state index contributed by atoms with van der Waals surface area (Å²) >= 11 is 0. The number of aromatic nitrogens is 1. The van der Waals surface area contributed by atoms with Crippen molar-refractivity contribution in [1.29, 1.82) is 10.7 Å². The topological polar surface area (TPSA) is 75.6 Å². The quantitative estimate of drug-likeness (QED) is 0.616. The van der Waals surface area contributed by atoms with Crippen molar-refractivity contribution >= 4 is 23.2 Å². The summed E-state index contributed by atoms with van der Waals surface area (Å²) in [5.74, 6) is 0. The van der Waals surface area contributed by atoms with Crippen molar-refractivity contribution in [3.8, 4) is 6.07 Å². The Labute approximate surface area is 154 Å². The fraction of sp³-hybridized carbons (Fsp3) is 0.238. The molecule has 0 saturated heterocycles. The Morgan fingerprint density at radius 3 is 2.54 bits per heavy atom. The minimum atomic E-state index is -0.108. The van der Waals surface area contributed by atoms with Crippen molar-refractivity contribution < 1.29 is 4.58 Å². The van der Waals surface area contributed by atoms with Gasteiger partial charge in [-0.15, -0.1) is 0 Å². The first-order chi connectivity index (χ1) is 12.4. The molecule has 0 aliphatic rings. The second-order valence-electron chi connectivity index (χ2n) is 6.43. The molecule has 0 amide bonds. The first-order valence-corrected chi connectivity index (χ1v) is 8.31. The number of pyridine rings is 1. The molecule has 1 heterocycles. The van der Waals surface area contributed by atoms with Gasteiger partial charge < -0.3 is 10.7 Å². The summed E-state index contributed by atoms with van der Waals surface area (Å²) < 4.78 is 2.05. The lowest BCUT2D eigenvalue weighted by Gasteiger charge is -2.20. The molecular weight excluding hydrogens is 322 g/mol. The standard InChI is InChI=1S/C21H24N5/c1-14(2)19-9-7-17(13-24-19)21(15(3)26(4)5)25-20-8-6-16(11-22)10-18(20)12-23/h6-10,12-13,21,23,25H,1H2,2-5H3/q+1. The average molecular weight is 346 g/mol. The van der Waals surface area contributed by atoms with E-state index in [1.807, 2.05) is 45.4 Å². The van der Waals surface area contributed by atoms with Gasteiger partial charge in [-0.2, -0.15) is 5.26 Å². The summed E-state index contributed by atoms with van der Waals surface area (Å²) in [5.41, 5.74) is 5.92. The third-order valence-electron chi connectivity index (χ3n) is 4.32. The molecule has 1 aromatic carbocycles. The minimum Gasteiger partial charge on any atom is -0.369 e. The predicted molar refractivity (Wildman–Crippen MR) is 107 cm³/mol. The fourth-order valence-electron chi connectivity index (χ4n) is 2.55. The van der Waals surface area contributed by atoms with Crippen LogP contribution in [0, 0.1) is 16.7 Å². The monoisotopic (exact) mass is 346 g/mol. The average Bonchev–Trinajstić information content (AvgIpc) is 2.65. The van der Waals surface area contributed by atoms with E-state index in [-0.39, 0.29) is 6.04 Å². The normalized spacial score (nSPS) is 11.2. The van der Waals surface area contributed by atoms with Gasteiger partial charge in [0.25, 0.3) is 0 Å². The van der Waals surface area contributed by atoms with Crippen molar-refractivity contribution in [2.24, 2.45) is 0 Å². The number of allylic oxidation sites excluding steroid dienone is 1. The number of nitriles is 1. The number of hydrogen-bond acceptors (Lipinski definition) is 4. The van der Waals surface area contributed by atoms with Crippen molar-refractivity contribution in [3.05, 3.63) is 65.5 Å². The van der Waals surface area contributed by atoms with Crippen LogP contribution in [-0.4, -0.2) is 35.6 Å². The van der Waals surface area contributed by atoms with Gasteiger partial charge in [0.2, 0.25) is 0 Å². The SMILES string of the molecule is C=C(C)c1ccc(C(Nc2ccc(C#N)cc2C=N)C(C)=[N+](C)C)cn1. The van der Waals surface area contributed by atoms with Gasteiger partial charge in [-0.3, -0.25) is 4.98 Å². The van der Waals surface area contributed by atoms with E-state index in [9.17, 15) is 0 Å². The molecule has 1 atom stereocenters. The minimum absolute atomic E-state index is 0.108. The molecule has 0 bridgehead atoms. The third kappa shape index (κ3) is 4.22. The van der Waals surface area contributed by atoms with Crippen LogP contribution in [0.4, 0.5) is 5.69 Å². The van der Waals surface area contributed by atoms with Crippen LogP contribution in [0.5, 0.6) is 0 Å². The molecule has 5 nitrogen and oxygen atoms in total. The van der Waals surface area contributed by atoms with Crippen LogP contribution in [0.1, 0.15) is 42.3 Å². The molecule has 0 radical (unpaired) electrons. The molecule has 1 unspecified atom stereocenters. The van der Waals surface area contributed by atoms with Crippen molar-refractivity contribution in [1.82, 2.24) is 4.98 Å². The van der Waals surface area contributed by atoms with Crippen molar-refractivity contribution in [3.63, 3.8) is 0 Å². The molecule has 26 heavy (non-hydrogen) atoms. The highest BCUT2D eigenvalue weighted by Crippen LogP contribution is 2.24. The molecule has 2 aromatic rings. The Balaban J connectivity index is 2.47. The van der Waals surface area contributed by atoms with Gasteiger partial charge in [0.05, 0.1) is 17.3 Å². The van der Waals surface area contributed by atoms with Crippen LogP contribution < -0.4 is 5.32 Å². The number of nitrogens with zero attached hydrogens (tertiary/aromatic N) is 3. The van der Waals surface area contributed by atoms with Gasteiger partial charge in [-0.05, 0) is 36.8 Å². The largest absolute Gasteiger partial charge is 0.369 e. The molecule has 5 heteroatoms. The lowest BCUT2D eigenvalue weighted by molar-refractivity contribution is -0.466. The summed E-state index contributed by atoms with van der Waals surface area (Å²) in [6, 6.07) is 11.3. The van der Waals surface area contributed by atoms with E-state index < -0.39 is 0 Å². The maximum Gasteiger partial charge on any atom is 0.175 e. The third-order valence-corrected chi connectivity index (χ3v) is 4.32. The van der Waals surface area contributed by atoms with Crippen LogP contribution >= 0.6 is 0 Å². The molecule has 1 aromatic heterocycles. The van der Waals surface area contributed by atoms with Gasteiger partial charge in [0.1, 0.15) is 20.1 Å². The number of rotatable bonds is 6. The molecule has 0 saturated carbocycles. The van der Waals surface area contributed by atoms with Crippen molar-refractivity contribution in [2.45, 2.75) is 19.9 Å². The Kier molecular flexibility index (Phi) is 6.03. The first kappa shape index (κ1) is 19.1. The Hall–Kier alpha value is -3.26. The van der Waals surface area contributed by atoms with Crippen LogP contribution in [0.2, 0.25) is 0 Å². The molecule has 0 fully saturated rings. The van der Waals surface area contributed by atoms with E-state index in [2.05, 4.69) is 34.4 Å². The smallest absolute Gasteiger partial charge is 0.175 e. The van der Waals surface area contributed by atoms with Gasteiger partial charge >= 0.3 is 0 Å². The molecule has 0 aliphatic heterocycles. The second kappa shape index (κ2) is 8.21. The highest BCUT2D eigenvalue weighted by Gasteiger charge is 2.22.